The minimum absolute atomic E-state index is 0.496. The van der Waals surface area contributed by atoms with Gasteiger partial charge in [-0.15, -0.1) is 0 Å². The number of hydrogen-bond donors (Lipinski definition) is 0. The van der Waals surface area contributed by atoms with Gasteiger partial charge < -0.3 is 0 Å². The summed E-state index contributed by atoms with van der Waals surface area (Å²) >= 11 is 1.98. The Morgan fingerprint density at radius 3 is 2.46 bits per heavy atom. The van der Waals surface area contributed by atoms with Crippen LogP contribution in [0.1, 0.15) is 18.3 Å². The molecule has 13 heavy (non-hydrogen) atoms. The molecule has 1 heterocycles. The van der Waals surface area contributed by atoms with E-state index in [4.69, 9.17) is 0 Å². The number of halogens is 4. The minimum atomic E-state index is -4.34. The molecule has 0 aliphatic carbocycles. The quantitative estimate of drug-likeness (QED) is 0.726. The van der Waals surface area contributed by atoms with Crippen molar-refractivity contribution in [2.45, 2.75) is 19.5 Å². The fraction of sp³-hybridized carbons (Fsp3) is 0.375. The highest BCUT2D eigenvalue weighted by atomic mass is 127. The van der Waals surface area contributed by atoms with Gasteiger partial charge in [0.2, 0.25) is 0 Å². The van der Waals surface area contributed by atoms with E-state index in [-0.39, 0.29) is 0 Å². The second kappa shape index (κ2) is 3.81. The topological polar surface area (TPSA) is 12.9 Å². The highest BCUT2D eigenvalue weighted by molar-refractivity contribution is 14.1. The smallest absolute Gasteiger partial charge is 0.247 e. The molecule has 0 fully saturated rings. The van der Waals surface area contributed by atoms with Crippen LogP contribution in [0.4, 0.5) is 13.2 Å². The van der Waals surface area contributed by atoms with Crippen LogP contribution >= 0.6 is 22.6 Å². The van der Waals surface area contributed by atoms with Gasteiger partial charge in [0, 0.05) is 3.57 Å². The Morgan fingerprint density at radius 1 is 1.38 bits per heavy atom. The van der Waals surface area contributed by atoms with Gasteiger partial charge in [0.1, 0.15) is 5.69 Å². The molecule has 0 spiro atoms. The average molecular weight is 301 g/mol. The molecule has 1 aromatic heterocycles. The van der Waals surface area contributed by atoms with Crippen LogP contribution in [-0.2, 0) is 12.6 Å². The van der Waals surface area contributed by atoms with Crippen LogP contribution in [0, 0.1) is 3.57 Å². The summed E-state index contributed by atoms with van der Waals surface area (Å²) < 4.78 is 37.3. The normalized spacial score (nSPS) is 11.8. The van der Waals surface area contributed by atoms with E-state index >= 15 is 0 Å². The van der Waals surface area contributed by atoms with Crippen LogP contribution in [-0.4, -0.2) is 4.98 Å². The Labute approximate surface area is 87.5 Å². The molecule has 5 heteroatoms. The molecule has 0 bridgehead atoms. The number of aryl methyl sites for hydroxylation is 1. The molecule has 0 N–H and O–H groups in total. The van der Waals surface area contributed by atoms with E-state index in [2.05, 4.69) is 4.98 Å². The first-order valence-corrected chi connectivity index (χ1v) is 4.75. The maximum Gasteiger partial charge on any atom is 0.433 e. The number of pyridine rings is 1. The summed E-state index contributed by atoms with van der Waals surface area (Å²) in [4.78, 5) is 3.53. The fourth-order valence-corrected chi connectivity index (χ4v) is 1.57. The molecule has 1 rings (SSSR count). The van der Waals surface area contributed by atoms with Gasteiger partial charge in [-0.25, -0.2) is 4.98 Å². The lowest BCUT2D eigenvalue weighted by atomic mass is 10.2. The Bertz CT molecular complexity index is 309. The van der Waals surface area contributed by atoms with Gasteiger partial charge in [-0.3, -0.25) is 0 Å². The number of alkyl halides is 3. The van der Waals surface area contributed by atoms with Crippen LogP contribution in [0.2, 0.25) is 0 Å². The van der Waals surface area contributed by atoms with Gasteiger partial charge in [0.15, 0.2) is 0 Å². The molecule has 0 saturated heterocycles. The number of hydrogen-bond acceptors (Lipinski definition) is 1. The van der Waals surface area contributed by atoms with Crippen molar-refractivity contribution >= 4 is 22.6 Å². The van der Waals surface area contributed by atoms with E-state index in [0.717, 1.165) is 9.64 Å². The Morgan fingerprint density at radius 2 is 2.00 bits per heavy atom. The molecule has 1 nitrogen and oxygen atoms in total. The lowest BCUT2D eigenvalue weighted by Gasteiger charge is -2.07. The van der Waals surface area contributed by atoms with Crippen molar-refractivity contribution in [3.8, 4) is 0 Å². The lowest BCUT2D eigenvalue weighted by molar-refractivity contribution is -0.141. The highest BCUT2D eigenvalue weighted by Gasteiger charge is 2.32. The molecule has 1 aromatic rings. The second-order valence-electron chi connectivity index (χ2n) is 2.48. The van der Waals surface area contributed by atoms with Crippen LogP contribution in [0.25, 0.3) is 0 Å². The van der Waals surface area contributed by atoms with E-state index < -0.39 is 11.9 Å². The standard InChI is InChI=1S/C8H7F3IN/c1-2-6-5(12)3-4-7(13-6)8(9,10)11/h3-4H,2H2,1H3. The predicted molar refractivity (Wildman–Crippen MR) is 51.3 cm³/mol. The number of rotatable bonds is 1. The molecule has 0 atom stereocenters. The first kappa shape index (κ1) is 10.7. The monoisotopic (exact) mass is 301 g/mol. The van der Waals surface area contributed by atoms with Crippen LogP contribution in [0.5, 0.6) is 0 Å². The Balaban J connectivity index is 3.14. The second-order valence-corrected chi connectivity index (χ2v) is 3.64. The molecule has 0 aromatic carbocycles. The maximum absolute atomic E-state index is 12.2. The maximum atomic E-state index is 12.2. The summed E-state index contributed by atoms with van der Waals surface area (Å²) in [5.41, 5.74) is -0.319. The first-order chi connectivity index (χ1) is 5.95. The van der Waals surface area contributed by atoms with E-state index in [1.807, 2.05) is 22.6 Å². The molecule has 0 amide bonds. The molecular formula is C8H7F3IN. The van der Waals surface area contributed by atoms with Crippen molar-refractivity contribution in [3.63, 3.8) is 0 Å². The van der Waals surface area contributed by atoms with Crippen molar-refractivity contribution in [1.29, 1.82) is 0 Å². The summed E-state index contributed by atoms with van der Waals surface area (Å²) in [6.45, 7) is 1.78. The zero-order valence-corrected chi connectivity index (χ0v) is 8.98. The van der Waals surface area contributed by atoms with Crippen LogP contribution < -0.4 is 0 Å². The molecular weight excluding hydrogens is 294 g/mol. The largest absolute Gasteiger partial charge is 0.433 e. The zero-order valence-electron chi connectivity index (χ0n) is 6.82. The van der Waals surface area contributed by atoms with Gasteiger partial charge in [-0.05, 0) is 41.1 Å². The van der Waals surface area contributed by atoms with E-state index in [9.17, 15) is 13.2 Å². The molecule has 0 aliphatic rings. The third-order valence-electron chi connectivity index (χ3n) is 1.54. The molecule has 0 aliphatic heterocycles. The van der Waals surface area contributed by atoms with Gasteiger partial charge in [-0.1, -0.05) is 6.92 Å². The number of aromatic nitrogens is 1. The Hall–Kier alpha value is -0.330. The van der Waals surface area contributed by atoms with Crippen molar-refractivity contribution < 1.29 is 13.2 Å². The van der Waals surface area contributed by atoms with Crippen molar-refractivity contribution in [1.82, 2.24) is 4.98 Å². The highest BCUT2D eigenvalue weighted by Crippen LogP contribution is 2.28. The van der Waals surface area contributed by atoms with Crippen LogP contribution in [0.15, 0.2) is 12.1 Å². The fourth-order valence-electron chi connectivity index (χ4n) is 0.890. The van der Waals surface area contributed by atoms with E-state index in [1.54, 1.807) is 6.92 Å². The summed E-state index contributed by atoms with van der Waals surface area (Å²) in [6, 6.07) is 2.44. The summed E-state index contributed by atoms with van der Waals surface area (Å²) in [6.07, 6.45) is -3.82. The lowest BCUT2D eigenvalue weighted by Crippen LogP contribution is -2.09. The molecule has 0 unspecified atom stereocenters. The van der Waals surface area contributed by atoms with Crippen molar-refractivity contribution in [2.75, 3.05) is 0 Å². The summed E-state index contributed by atoms with van der Waals surface area (Å²) in [5.74, 6) is 0. The van der Waals surface area contributed by atoms with Crippen LogP contribution in [0.3, 0.4) is 0 Å². The van der Waals surface area contributed by atoms with Gasteiger partial charge >= 0.3 is 6.18 Å². The zero-order chi connectivity index (χ0) is 10.1. The molecule has 0 saturated carbocycles. The third kappa shape index (κ3) is 2.55. The molecule has 0 radical (unpaired) electrons. The Kier molecular flexibility index (Phi) is 3.15. The van der Waals surface area contributed by atoms with Gasteiger partial charge in [0.25, 0.3) is 0 Å². The van der Waals surface area contributed by atoms with Crippen molar-refractivity contribution in [3.05, 3.63) is 27.1 Å². The van der Waals surface area contributed by atoms with Gasteiger partial charge in [0.05, 0.1) is 5.69 Å². The number of nitrogens with zero attached hydrogens (tertiary/aromatic N) is 1. The SMILES string of the molecule is CCc1nc(C(F)(F)F)ccc1I. The van der Waals surface area contributed by atoms with E-state index in [0.29, 0.717) is 12.1 Å². The third-order valence-corrected chi connectivity index (χ3v) is 2.53. The predicted octanol–water partition coefficient (Wildman–Crippen LogP) is 3.27. The first-order valence-electron chi connectivity index (χ1n) is 3.67. The van der Waals surface area contributed by atoms with Gasteiger partial charge in [-0.2, -0.15) is 13.2 Å². The van der Waals surface area contributed by atoms with E-state index in [1.165, 1.54) is 6.07 Å². The summed E-state index contributed by atoms with van der Waals surface area (Å²) in [7, 11) is 0. The van der Waals surface area contributed by atoms with Crippen molar-refractivity contribution in [2.24, 2.45) is 0 Å². The minimum Gasteiger partial charge on any atom is -0.247 e. The average Bonchev–Trinajstić information content (AvgIpc) is 2.03. The summed E-state index contributed by atoms with van der Waals surface area (Å²) in [5, 5.41) is 0. The molecule has 72 valence electrons.